The molecule has 218 valence electrons. The van der Waals surface area contributed by atoms with E-state index in [0.717, 1.165) is 42.2 Å². The van der Waals surface area contributed by atoms with Crippen molar-refractivity contribution < 1.29 is 14.3 Å². The van der Waals surface area contributed by atoms with E-state index in [9.17, 15) is 9.59 Å². The highest BCUT2D eigenvalue weighted by molar-refractivity contribution is 6.10. The van der Waals surface area contributed by atoms with Crippen molar-refractivity contribution in [2.24, 2.45) is 0 Å². The first-order valence-electron chi connectivity index (χ1n) is 14.4. The predicted octanol–water partition coefficient (Wildman–Crippen LogP) is 4.70. The van der Waals surface area contributed by atoms with Gasteiger partial charge in [-0.25, -0.2) is 14.8 Å². The van der Waals surface area contributed by atoms with Gasteiger partial charge in [-0.3, -0.25) is 9.69 Å². The molecule has 0 aliphatic carbocycles. The molecule has 3 aromatic heterocycles. The number of carbonyl (C=O) groups is 2. The Balaban J connectivity index is 1.43. The largest absolute Gasteiger partial charge is 0.444 e. The van der Waals surface area contributed by atoms with Gasteiger partial charge in [0.25, 0.3) is 5.91 Å². The lowest BCUT2D eigenvalue weighted by Crippen LogP contribution is -2.34. The number of pyridine rings is 2. The van der Waals surface area contributed by atoms with Crippen LogP contribution in [0.4, 0.5) is 16.4 Å². The number of nitrogens with one attached hydrogen (secondary N) is 1. The van der Waals surface area contributed by atoms with Crippen LogP contribution in [0.2, 0.25) is 0 Å². The standard InChI is InChI=1S/C30H40N8O3/c1-8-19-12-13-25-34-35-27(38(19)25)23-10-9-11-24(33-23)37-17-21-20(28(37)39)16-26(36(7)18(2)3)32-22(21)14-15-31-29(40)41-30(4,5)6/h9-11,16,18-19H,8,12-15,17H2,1-7H3,(H,31,40)/t19-/m0/s1. The minimum Gasteiger partial charge on any atom is -0.444 e. The minimum absolute atomic E-state index is 0.121. The number of rotatable bonds is 8. The third-order valence-electron chi connectivity index (χ3n) is 7.70. The number of fused-ring (bicyclic) bond motifs is 2. The maximum atomic E-state index is 13.8. The van der Waals surface area contributed by atoms with E-state index >= 15 is 0 Å². The number of amides is 2. The molecule has 2 amide bonds. The number of carbonyl (C=O) groups excluding carboxylic acids is 2. The Labute approximate surface area is 241 Å². The number of alkyl carbamates (subject to hydrolysis) is 1. The summed E-state index contributed by atoms with van der Waals surface area (Å²) < 4.78 is 7.57. The number of aromatic nitrogens is 5. The highest BCUT2D eigenvalue weighted by Gasteiger charge is 2.34. The van der Waals surface area contributed by atoms with Crippen molar-refractivity contribution >= 4 is 23.6 Å². The molecule has 2 aliphatic heterocycles. The molecule has 0 saturated heterocycles. The molecular weight excluding hydrogens is 520 g/mol. The lowest BCUT2D eigenvalue weighted by Gasteiger charge is -2.24. The summed E-state index contributed by atoms with van der Waals surface area (Å²) in [6.07, 6.45) is 2.95. The van der Waals surface area contributed by atoms with E-state index in [-0.39, 0.29) is 11.9 Å². The molecule has 0 radical (unpaired) electrons. The number of nitrogens with zero attached hydrogens (tertiary/aromatic N) is 7. The van der Waals surface area contributed by atoms with Crippen LogP contribution in [0.25, 0.3) is 11.5 Å². The number of hydrogen-bond donors (Lipinski definition) is 1. The Kier molecular flexibility index (Phi) is 7.72. The van der Waals surface area contributed by atoms with Crippen LogP contribution in [-0.2, 0) is 24.1 Å². The van der Waals surface area contributed by atoms with Crippen molar-refractivity contribution in [3.05, 3.63) is 46.9 Å². The zero-order valence-electron chi connectivity index (χ0n) is 25.1. The second kappa shape index (κ2) is 11.1. The smallest absolute Gasteiger partial charge is 0.407 e. The van der Waals surface area contributed by atoms with E-state index in [0.29, 0.717) is 48.4 Å². The van der Waals surface area contributed by atoms with Gasteiger partial charge in [0.1, 0.15) is 28.8 Å². The van der Waals surface area contributed by atoms with E-state index in [1.54, 1.807) is 4.90 Å². The summed E-state index contributed by atoms with van der Waals surface area (Å²) in [6.45, 7) is 12.5. The molecule has 0 saturated carbocycles. The third-order valence-corrected chi connectivity index (χ3v) is 7.70. The van der Waals surface area contributed by atoms with Gasteiger partial charge < -0.3 is 19.5 Å². The van der Waals surface area contributed by atoms with Crippen LogP contribution in [0.15, 0.2) is 24.3 Å². The summed E-state index contributed by atoms with van der Waals surface area (Å²) in [4.78, 5) is 39.6. The van der Waals surface area contributed by atoms with Crippen molar-refractivity contribution in [1.82, 2.24) is 30.0 Å². The van der Waals surface area contributed by atoms with Crippen molar-refractivity contribution in [1.29, 1.82) is 0 Å². The lowest BCUT2D eigenvalue weighted by atomic mass is 10.1. The first kappa shape index (κ1) is 28.5. The Bertz CT molecular complexity index is 1460. The summed E-state index contributed by atoms with van der Waals surface area (Å²) in [5.74, 6) is 2.88. The summed E-state index contributed by atoms with van der Waals surface area (Å²) in [7, 11) is 1.96. The number of ether oxygens (including phenoxy) is 1. The van der Waals surface area contributed by atoms with E-state index in [2.05, 4.69) is 40.9 Å². The van der Waals surface area contributed by atoms with Gasteiger partial charge in [-0.15, -0.1) is 10.2 Å². The summed E-state index contributed by atoms with van der Waals surface area (Å²) >= 11 is 0. The molecule has 5 rings (SSSR count). The zero-order chi connectivity index (χ0) is 29.5. The van der Waals surface area contributed by atoms with E-state index < -0.39 is 11.7 Å². The fourth-order valence-electron chi connectivity index (χ4n) is 5.35. The predicted molar refractivity (Wildman–Crippen MR) is 157 cm³/mol. The fraction of sp³-hybridized carbons (Fsp3) is 0.533. The summed E-state index contributed by atoms with van der Waals surface area (Å²) in [6, 6.07) is 8.10. The van der Waals surface area contributed by atoms with Crippen LogP contribution in [-0.4, -0.2) is 62.0 Å². The Morgan fingerprint density at radius 3 is 2.71 bits per heavy atom. The summed E-state index contributed by atoms with van der Waals surface area (Å²) in [5, 5.41) is 11.7. The van der Waals surface area contributed by atoms with Crippen LogP contribution in [0.5, 0.6) is 0 Å². The zero-order valence-corrected chi connectivity index (χ0v) is 25.1. The van der Waals surface area contributed by atoms with Crippen LogP contribution >= 0.6 is 0 Å². The third kappa shape index (κ3) is 5.75. The van der Waals surface area contributed by atoms with Gasteiger partial charge >= 0.3 is 6.09 Å². The quantitative estimate of drug-likeness (QED) is 0.421. The SMILES string of the molecule is CC[C@H]1CCc2nnc(-c3cccc(N4Cc5c(cc(N(C)C(C)C)nc5CCNC(=O)OC(C)(C)C)C4=O)n3)n21. The molecule has 11 nitrogen and oxygen atoms in total. The van der Waals surface area contributed by atoms with Crippen LogP contribution in [0, 0.1) is 0 Å². The summed E-state index contributed by atoms with van der Waals surface area (Å²) in [5.41, 5.74) is 2.35. The maximum absolute atomic E-state index is 13.8. The molecule has 11 heteroatoms. The highest BCUT2D eigenvalue weighted by Crippen LogP contribution is 2.35. The van der Waals surface area contributed by atoms with Crippen LogP contribution in [0.1, 0.15) is 87.9 Å². The molecule has 0 aromatic carbocycles. The van der Waals surface area contributed by atoms with Gasteiger partial charge in [0.2, 0.25) is 0 Å². The lowest BCUT2D eigenvalue weighted by molar-refractivity contribution is 0.0528. The maximum Gasteiger partial charge on any atom is 0.407 e. The minimum atomic E-state index is -0.581. The monoisotopic (exact) mass is 560 g/mol. The van der Waals surface area contributed by atoms with E-state index in [1.165, 1.54) is 0 Å². The van der Waals surface area contributed by atoms with Gasteiger partial charge in [-0.2, -0.15) is 0 Å². The Morgan fingerprint density at radius 2 is 2.00 bits per heavy atom. The van der Waals surface area contributed by atoms with Crippen molar-refractivity contribution in [2.75, 3.05) is 23.4 Å². The second-order valence-corrected chi connectivity index (χ2v) is 12.0. The van der Waals surface area contributed by atoms with Gasteiger partial charge in [-0.1, -0.05) is 13.0 Å². The van der Waals surface area contributed by atoms with E-state index in [1.807, 2.05) is 57.0 Å². The molecule has 0 bridgehead atoms. The topological polar surface area (TPSA) is 118 Å². The van der Waals surface area contributed by atoms with Gasteiger partial charge in [-0.05, 0) is 65.7 Å². The fourth-order valence-corrected chi connectivity index (χ4v) is 5.35. The molecule has 0 fully saturated rings. The normalized spacial score (nSPS) is 16.2. The molecule has 1 N–H and O–H groups in total. The van der Waals surface area contributed by atoms with Gasteiger partial charge in [0, 0.05) is 44.1 Å². The first-order chi connectivity index (χ1) is 19.5. The van der Waals surface area contributed by atoms with Gasteiger partial charge in [0.05, 0.1) is 17.8 Å². The van der Waals surface area contributed by atoms with E-state index in [4.69, 9.17) is 14.7 Å². The molecule has 5 heterocycles. The van der Waals surface area contributed by atoms with Crippen LogP contribution in [0.3, 0.4) is 0 Å². The number of aryl methyl sites for hydroxylation is 1. The molecule has 41 heavy (non-hydrogen) atoms. The van der Waals surface area contributed by atoms with Gasteiger partial charge in [0.15, 0.2) is 5.82 Å². The molecule has 0 unspecified atom stereocenters. The molecule has 3 aromatic rings. The Morgan fingerprint density at radius 1 is 1.22 bits per heavy atom. The molecule has 0 spiro atoms. The number of anilines is 2. The number of hydrogen-bond acceptors (Lipinski definition) is 8. The highest BCUT2D eigenvalue weighted by atomic mass is 16.6. The Hall–Kier alpha value is -4.02. The van der Waals surface area contributed by atoms with Crippen molar-refractivity contribution in [3.63, 3.8) is 0 Å². The van der Waals surface area contributed by atoms with Crippen molar-refractivity contribution in [2.45, 2.75) is 91.5 Å². The molecular formula is C30H40N8O3. The van der Waals surface area contributed by atoms with Crippen molar-refractivity contribution in [3.8, 4) is 11.5 Å². The second-order valence-electron chi connectivity index (χ2n) is 12.0. The van der Waals surface area contributed by atoms with Crippen LogP contribution < -0.4 is 15.1 Å². The average Bonchev–Trinajstić information content (AvgIpc) is 3.61. The average molecular weight is 561 g/mol. The first-order valence-corrected chi connectivity index (χ1v) is 14.4. The molecule has 1 atom stereocenters. The molecule has 2 aliphatic rings.